The third-order valence-corrected chi connectivity index (χ3v) is 3.59. The van der Waals surface area contributed by atoms with Gasteiger partial charge in [0.05, 0.1) is 12.6 Å². The number of aryl methyl sites for hydroxylation is 4. The number of aliphatic hydroxyl groups is 1. The Bertz CT molecular complexity index is 663. The van der Waals surface area contributed by atoms with E-state index >= 15 is 0 Å². The molecule has 2 rings (SSSR count). The van der Waals surface area contributed by atoms with Gasteiger partial charge in [-0.15, -0.1) is 0 Å². The Balaban J connectivity index is 2.33. The van der Waals surface area contributed by atoms with Crippen LogP contribution in [0.1, 0.15) is 33.9 Å². The van der Waals surface area contributed by atoms with E-state index in [-0.39, 0.29) is 12.1 Å². The van der Waals surface area contributed by atoms with E-state index in [0.717, 1.165) is 22.3 Å². The van der Waals surface area contributed by atoms with E-state index in [1.165, 1.54) is 5.56 Å². The van der Waals surface area contributed by atoms with Gasteiger partial charge in [-0.05, 0) is 56.0 Å². The Morgan fingerprint density at radius 3 is 2.20 bits per heavy atom. The van der Waals surface area contributed by atoms with Gasteiger partial charge in [-0.3, -0.25) is 4.79 Å². The summed E-state index contributed by atoms with van der Waals surface area (Å²) in [6.45, 7) is 8.20. The molecule has 0 radical (unpaired) electrons. The van der Waals surface area contributed by atoms with Crippen LogP contribution in [0, 0.1) is 27.7 Å². The quantitative estimate of drug-likeness (QED) is 0.932. The van der Waals surface area contributed by atoms with Crippen molar-refractivity contribution in [1.82, 2.24) is 4.57 Å². The first kappa shape index (κ1) is 14.5. The fourth-order valence-corrected chi connectivity index (χ4v) is 2.75. The van der Waals surface area contributed by atoms with E-state index in [4.69, 9.17) is 0 Å². The minimum absolute atomic E-state index is 0.0773. The fourth-order valence-electron chi connectivity index (χ4n) is 2.75. The maximum absolute atomic E-state index is 11.9. The lowest BCUT2D eigenvalue weighted by molar-refractivity contribution is 0.153. The van der Waals surface area contributed by atoms with E-state index in [9.17, 15) is 9.90 Å². The predicted octanol–water partition coefficient (Wildman–Crippen LogP) is 2.82. The summed E-state index contributed by atoms with van der Waals surface area (Å²) in [5.41, 5.74) is 5.09. The Hall–Kier alpha value is -1.87. The summed E-state index contributed by atoms with van der Waals surface area (Å²) in [6.07, 6.45) is 1.07. The molecule has 1 N–H and O–H groups in total. The molecular weight excluding hydrogens is 250 g/mol. The minimum Gasteiger partial charge on any atom is -0.387 e. The van der Waals surface area contributed by atoms with Gasteiger partial charge in [0.15, 0.2) is 0 Å². The number of hydrogen-bond acceptors (Lipinski definition) is 2. The van der Waals surface area contributed by atoms with Crippen molar-refractivity contribution < 1.29 is 5.11 Å². The summed E-state index contributed by atoms with van der Waals surface area (Å²) < 4.78 is 1.55. The molecule has 0 fully saturated rings. The van der Waals surface area contributed by atoms with Crippen LogP contribution in [0.5, 0.6) is 0 Å². The highest BCUT2D eigenvalue weighted by atomic mass is 16.3. The number of hydrogen-bond donors (Lipinski definition) is 1. The van der Waals surface area contributed by atoms with Crippen LogP contribution in [-0.2, 0) is 6.54 Å². The highest BCUT2D eigenvalue weighted by molar-refractivity contribution is 5.38. The Labute approximate surface area is 119 Å². The van der Waals surface area contributed by atoms with E-state index < -0.39 is 6.10 Å². The van der Waals surface area contributed by atoms with Crippen molar-refractivity contribution in [3.05, 3.63) is 68.6 Å². The molecule has 0 aliphatic carbocycles. The van der Waals surface area contributed by atoms with Crippen molar-refractivity contribution in [3.63, 3.8) is 0 Å². The van der Waals surface area contributed by atoms with Crippen LogP contribution in [-0.4, -0.2) is 9.67 Å². The molecule has 1 heterocycles. The van der Waals surface area contributed by atoms with Crippen molar-refractivity contribution >= 4 is 0 Å². The molecule has 0 aliphatic heterocycles. The zero-order chi connectivity index (χ0) is 14.9. The third kappa shape index (κ3) is 2.99. The van der Waals surface area contributed by atoms with Crippen molar-refractivity contribution in [2.75, 3.05) is 0 Å². The first-order valence-electron chi connectivity index (χ1n) is 6.81. The number of pyridine rings is 1. The number of aromatic nitrogens is 1. The zero-order valence-corrected chi connectivity index (χ0v) is 12.5. The van der Waals surface area contributed by atoms with Gasteiger partial charge in [-0.1, -0.05) is 17.7 Å². The van der Waals surface area contributed by atoms with Crippen molar-refractivity contribution in [1.29, 1.82) is 0 Å². The SMILES string of the molecule is Cc1cc(C)c(C(O)Cn2ccc(C)cc2=O)c(C)c1. The molecule has 1 unspecified atom stereocenters. The molecule has 106 valence electrons. The molecule has 0 bridgehead atoms. The van der Waals surface area contributed by atoms with Gasteiger partial charge in [0.1, 0.15) is 0 Å². The Morgan fingerprint density at radius 1 is 1.05 bits per heavy atom. The Morgan fingerprint density at radius 2 is 1.65 bits per heavy atom. The first-order chi connectivity index (χ1) is 9.38. The second kappa shape index (κ2) is 5.63. The molecule has 3 nitrogen and oxygen atoms in total. The smallest absolute Gasteiger partial charge is 0.250 e. The van der Waals surface area contributed by atoms with Gasteiger partial charge in [-0.2, -0.15) is 0 Å². The molecule has 0 amide bonds. The van der Waals surface area contributed by atoms with E-state index in [0.29, 0.717) is 0 Å². The lowest BCUT2D eigenvalue weighted by atomic mass is 9.95. The summed E-state index contributed by atoms with van der Waals surface area (Å²) in [4.78, 5) is 11.9. The fraction of sp³-hybridized carbons (Fsp3) is 0.353. The average molecular weight is 271 g/mol. The minimum atomic E-state index is -0.670. The van der Waals surface area contributed by atoms with Gasteiger partial charge >= 0.3 is 0 Å². The highest BCUT2D eigenvalue weighted by Gasteiger charge is 2.14. The van der Waals surface area contributed by atoms with Crippen LogP contribution >= 0.6 is 0 Å². The van der Waals surface area contributed by atoms with Gasteiger partial charge in [0, 0.05) is 12.3 Å². The lowest BCUT2D eigenvalue weighted by Crippen LogP contribution is -2.23. The number of nitrogens with zero attached hydrogens (tertiary/aromatic N) is 1. The predicted molar refractivity (Wildman–Crippen MR) is 81.1 cm³/mol. The summed E-state index contributed by atoms with van der Waals surface area (Å²) >= 11 is 0. The van der Waals surface area contributed by atoms with Gasteiger partial charge in [0.25, 0.3) is 5.56 Å². The average Bonchev–Trinajstić information content (AvgIpc) is 2.31. The molecule has 0 saturated heterocycles. The maximum Gasteiger partial charge on any atom is 0.250 e. The number of aliphatic hydroxyl groups excluding tert-OH is 1. The molecule has 20 heavy (non-hydrogen) atoms. The monoisotopic (exact) mass is 271 g/mol. The topological polar surface area (TPSA) is 42.2 Å². The van der Waals surface area contributed by atoms with Crippen LogP contribution in [0.4, 0.5) is 0 Å². The van der Waals surface area contributed by atoms with E-state index in [1.807, 2.05) is 33.8 Å². The summed E-state index contributed by atoms with van der Waals surface area (Å²) in [5, 5.41) is 10.5. The second-order valence-corrected chi connectivity index (χ2v) is 5.52. The molecule has 2 aromatic rings. The normalized spacial score (nSPS) is 12.4. The van der Waals surface area contributed by atoms with Crippen LogP contribution in [0.3, 0.4) is 0 Å². The van der Waals surface area contributed by atoms with Crippen LogP contribution < -0.4 is 5.56 Å². The molecule has 0 aliphatic rings. The largest absolute Gasteiger partial charge is 0.387 e. The molecule has 1 atom stereocenters. The standard InChI is InChI=1S/C17H21NO2/c1-11-5-6-18(16(20)9-11)10-15(19)17-13(3)7-12(2)8-14(17)4/h5-9,15,19H,10H2,1-4H3. The van der Waals surface area contributed by atoms with E-state index in [2.05, 4.69) is 12.1 Å². The molecule has 1 aromatic heterocycles. The van der Waals surface area contributed by atoms with Crippen molar-refractivity contribution in [3.8, 4) is 0 Å². The Kier molecular flexibility index (Phi) is 4.09. The molecule has 3 heteroatoms. The maximum atomic E-state index is 11.9. The summed E-state index contributed by atoms with van der Waals surface area (Å²) in [6, 6.07) is 7.58. The van der Waals surface area contributed by atoms with Crippen molar-refractivity contribution in [2.45, 2.75) is 40.3 Å². The number of benzene rings is 1. The van der Waals surface area contributed by atoms with Crippen molar-refractivity contribution in [2.24, 2.45) is 0 Å². The number of rotatable bonds is 3. The third-order valence-electron chi connectivity index (χ3n) is 3.59. The van der Waals surface area contributed by atoms with Gasteiger partial charge in [-0.25, -0.2) is 0 Å². The second-order valence-electron chi connectivity index (χ2n) is 5.52. The summed E-state index contributed by atoms with van der Waals surface area (Å²) in [5.74, 6) is 0. The molecule has 1 aromatic carbocycles. The lowest BCUT2D eigenvalue weighted by Gasteiger charge is -2.18. The van der Waals surface area contributed by atoms with Gasteiger partial charge in [0.2, 0.25) is 0 Å². The van der Waals surface area contributed by atoms with Gasteiger partial charge < -0.3 is 9.67 Å². The molecule has 0 saturated carbocycles. The van der Waals surface area contributed by atoms with E-state index in [1.54, 1.807) is 16.8 Å². The molecular formula is C17H21NO2. The molecule has 0 spiro atoms. The highest BCUT2D eigenvalue weighted by Crippen LogP contribution is 2.24. The summed E-state index contributed by atoms with van der Waals surface area (Å²) in [7, 11) is 0. The van der Waals surface area contributed by atoms with Crippen LogP contribution in [0.2, 0.25) is 0 Å². The van der Waals surface area contributed by atoms with Crippen LogP contribution in [0.25, 0.3) is 0 Å². The van der Waals surface area contributed by atoms with Crippen LogP contribution in [0.15, 0.2) is 35.3 Å². The first-order valence-corrected chi connectivity index (χ1v) is 6.81. The zero-order valence-electron chi connectivity index (χ0n) is 12.5.